The number of hydrogen-bond acceptors (Lipinski definition) is 3. The van der Waals surface area contributed by atoms with E-state index in [1.807, 2.05) is 0 Å². The van der Waals surface area contributed by atoms with Gasteiger partial charge in [0.15, 0.2) is 0 Å². The fraction of sp³-hybridized carbons (Fsp3) is 0.625. The van der Waals surface area contributed by atoms with E-state index in [1.165, 1.54) is 43.5 Å². The van der Waals surface area contributed by atoms with Crippen molar-refractivity contribution in [1.82, 2.24) is 5.32 Å². The molecule has 0 radical (unpaired) electrons. The predicted octanol–water partition coefficient (Wildman–Crippen LogP) is 2.46. The molecule has 0 atom stereocenters. The Morgan fingerprint density at radius 1 is 1.21 bits per heavy atom. The molecule has 19 heavy (non-hydrogen) atoms. The second-order valence-electron chi connectivity index (χ2n) is 5.17. The van der Waals surface area contributed by atoms with Gasteiger partial charge in [-0.1, -0.05) is 18.2 Å². The van der Waals surface area contributed by atoms with E-state index in [4.69, 9.17) is 4.74 Å². The van der Waals surface area contributed by atoms with Gasteiger partial charge < -0.3 is 15.0 Å². The fourth-order valence-electron chi connectivity index (χ4n) is 2.70. The highest BCUT2D eigenvalue weighted by Gasteiger charge is 2.13. The van der Waals surface area contributed by atoms with E-state index in [1.54, 1.807) is 7.11 Å². The first-order chi connectivity index (χ1) is 9.42. The molecule has 106 valence electrons. The van der Waals surface area contributed by atoms with Crippen LogP contribution < -0.4 is 10.2 Å². The van der Waals surface area contributed by atoms with Gasteiger partial charge in [-0.15, -0.1) is 0 Å². The van der Waals surface area contributed by atoms with Gasteiger partial charge in [0.1, 0.15) is 0 Å². The number of nitrogens with one attached hydrogen (secondary N) is 1. The van der Waals surface area contributed by atoms with Crippen LogP contribution in [0.3, 0.4) is 0 Å². The maximum atomic E-state index is 5.03. The Balaban J connectivity index is 1.79. The van der Waals surface area contributed by atoms with Crippen LogP contribution in [0.2, 0.25) is 0 Å². The molecule has 1 aliphatic heterocycles. The Bertz CT molecular complexity index is 368. The number of anilines is 1. The summed E-state index contributed by atoms with van der Waals surface area (Å²) >= 11 is 0. The molecule has 2 rings (SSSR count). The van der Waals surface area contributed by atoms with Crippen molar-refractivity contribution in [3.05, 3.63) is 29.8 Å². The summed E-state index contributed by atoms with van der Waals surface area (Å²) in [4.78, 5) is 2.56. The van der Waals surface area contributed by atoms with Crippen molar-refractivity contribution in [3.8, 4) is 0 Å². The van der Waals surface area contributed by atoms with E-state index in [0.29, 0.717) is 0 Å². The first-order valence-corrected chi connectivity index (χ1v) is 7.44. The van der Waals surface area contributed by atoms with Gasteiger partial charge in [0.25, 0.3) is 0 Å². The highest BCUT2D eigenvalue weighted by atomic mass is 16.5. The number of para-hydroxylation sites is 1. The average molecular weight is 262 g/mol. The third-order valence-electron chi connectivity index (χ3n) is 3.72. The molecular formula is C16H26N2O. The number of nitrogens with zero attached hydrogens (tertiary/aromatic N) is 1. The van der Waals surface area contributed by atoms with Gasteiger partial charge in [0.2, 0.25) is 0 Å². The van der Waals surface area contributed by atoms with Crippen molar-refractivity contribution in [2.45, 2.75) is 25.7 Å². The number of hydrogen-bond donors (Lipinski definition) is 1. The third kappa shape index (κ3) is 4.51. The molecule has 0 bridgehead atoms. The Labute approximate surface area is 116 Å². The molecule has 0 amide bonds. The lowest BCUT2D eigenvalue weighted by Gasteiger charge is -2.25. The molecule has 0 aliphatic carbocycles. The summed E-state index contributed by atoms with van der Waals surface area (Å²) in [5, 5.41) is 3.41. The van der Waals surface area contributed by atoms with Gasteiger partial charge >= 0.3 is 0 Å². The minimum atomic E-state index is 0.798. The van der Waals surface area contributed by atoms with E-state index in [0.717, 1.165) is 26.2 Å². The molecule has 3 heteroatoms. The Morgan fingerprint density at radius 2 is 2.11 bits per heavy atom. The van der Waals surface area contributed by atoms with Crippen molar-refractivity contribution in [3.63, 3.8) is 0 Å². The number of benzene rings is 1. The Hall–Kier alpha value is -1.06. The van der Waals surface area contributed by atoms with Gasteiger partial charge in [-0.3, -0.25) is 0 Å². The molecule has 1 N–H and O–H groups in total. The lowest BCUT2D eigenvalue weighted by atomic mass is 10.1. The average Bonchev–Trinajstić information content (AvgIpc) is 2.65. The Morgan fingerprint density at radius 3 is 3.00 bits per heavy atom. The summed E-state index contributed by atoms with van der Waals surface area (Å²) in [5.41, 5.74) is 2.98. The van der Waals surface area contributed by atoms with Gasteiger partial charge in [-0.25, -0.2) is 0 Å². The topological polar surface area (TPSA) is 24.5 Å². The molecule has 1 heterocycles. The minimum Gasteiger partial charge on any atom is -0.383 e. The van der Waals surface area contributed by atoms with Crippen molar-refractivity contribution < 1.29 is 4.74 Å². The van der Waals surface area contributed by atoms with Crippen LogP contribution in [-0.4, -0.2) is 39.9 Å². The molecule has 0 unspecified atom stereocenters. The SMILES string of the molecule is COCCNCCCN1CCCCc2ccccc21. The molecule has 0 fully saturated rings. The first kappa shape index (κ1) is 14.4. The summed E-state index contributed by atoms with van der Waals surface area (Å²) in [7, 11) is 1.75. The molecule has 0 spiro atoms. The quantitative estimate of drug-likeness (QED) is 0.764. The molecule has 0 aromatic heterocycles. The van der Waals surface area contributed by atoms with E-state index in [9.17, 15) is 0 Å². The number of methoxy groups -OCH3 is 1. The maximum absolute atomic E-state index is 5.03. The van der Waals surface area contributed by atoms with Crippen molar-refractivity contribution >= 4 is 5.69 Å². The van der Waals surface area contributed by atoms with Crippen LogP contribution in [0.1, 0.15) is 24.8 Å². The van der Waals surface area contributed by atoms with Gasteiger partial charge in [0.05, 0.1) is 6.61 Å². The molecule has 3 nitrogen and oxygen atoms in total. The third-order valence-corrected chi connectivity index (χ3v) is 3.72. The monoisotopic (exact) mass is 262 g/mol. The second kappa shape index (κ2) is 8.18. The van der Waals surface area contributed by atoms with Crippen molar-refractivity contribution in [1.29, 1.82) is 0 Å². The predicted molar refractivity (Wildman–Crippen MR) is 81.0 cm³/mol. The lowest BCUT2D eigenvalue weighted by Crippen LogP contribution is -2.29. The molecule has 1 aliphatic rings. The number of ether oxygens (including phenoxy) is 1. The number of fused-ring (bicyclic) bond motifs is 1. The van der Waals surface area contributed by atoms with Crippen molar-refractivity contribution in [2.75, 3.05) is 44.8 Å². The molecule has 1 aromatic carbocycles. The Kier molecular flexibility index (Phi) is 6.18. The normalized spacial score (nSPS) is 15.1. The highest BCUT2D eigenvalue weighted by molar-refractivity contribution is 5.54. The second-order valence-corrected chi connectivity index (χ2v) is 5.17. The zero-order valence-electron chi connectivity index (χ0n) is 12.0. The smallest absolute Gasteiger partial charge is 0.0587 e. The molecular weight excluding hydrogens is 236 g/mol. The largest absolute Gasteiger partial charge is 0.383 e. The first-order valence-electron chi connectivity index (χ1n) is 7.44. The summed E-state index contributed by atoms with van der Waals surface area (Å²) in [6.07, 6.45) is 5.06. The molecule has 0 saturated heterocycles. The number of rotatable bonds is 7. The highest BCUT2D eigenvalue weighted by Crippen LogP contribution is 2.25. The zero-order valence-corrected chi connectivity index (χ0v) is 12.0. The van der Waals surface area contributed by atoms with Crippen LogP contribution in [-0.2, 0) is 11.2 Å². The van der Waals surface area contributed by atoms with Crippen LogP contribution in [0, 0.1) is 0 Å². The maximum Gasteiger partial charge on any atom is 0.0587 e. The van der Waals surface area contributed by atoms with E-state index in [2.05, 4.69) is 34.5 Å². The molecule has 1 aromatic rings. The van der Waals surface area contributed by atoms with Crippen LogP contribution >= 0.6 is 0 Å². The van der Waals surface area contributed by atoms with Gasteiger partial charge in [-0.2, -0.15) is 0 Å². The van der Waals surface area contributed by atoms with Crippen LogP contribution in [0.15, 0.2) is 24.3 Å². The van der Waals surface area contributed by atoms with Crippen LogP contribution in [0.25, 0.3) is 0 Å². The lowest BCUT2D eigenvalue weighted by molar-refractivity contribution is 0.199. The fourth-order valence-corrected chi connectivity index (χ4v) is 2.70. The standard InChI is InChI=1S/C16H26N2O/c1-19-14-11-17-10-6-13-18-12-5-4-8-15-7-2-3-9-16(15)18/h2-3,7,9,17H,4-6,8,10-14H2,1H3. The van der Waals surface area contributed by atoms with Crippen molar-refractivity contribution in [2.24, 2.45) is 0 Å². The summed E-state index contributed by atoms with van der Waals surface area (Å²) in [5.74, 6) is 0. The van der Waals surface area contributed by atoms with E-state index in [-0.39, 0.29) is 0 Å². The van der Waals surface area contributed by atoms with Crippen LogP contribution in [0.5, 0.6) is 0 Å². The number of aryl methyl sites for hydroxylation is 1. The van der Waals surface area contributed by atoms with E-state index >= 15 is 0 Å². The summed E-state index contributed by atoms with van der Waals surface area (Å²) < 4.78 is 5.03. The summed E-state index contributed by atoms with van der Waals surface area (Å²) in [6.45, 7) is 5.17. The zero-order chi connectivity index (χ0) is 13.3. The van der Waals surface area contributed by atoms with E-state index < -0.39 is 0 Å². The molecule has 0 saturated carbocycles. The minimum absolute atomic E-state index is 0.798. The van der Waals surface area contributed by atoms with Gasteiger partial charge in [-0.05, 0) is 43.9 Å². The van der Waals surface area contributed by atoms with Crippen LogP contribution in [0.4, 0.5) is 5.69 Å². The van der Waals surface area contributed by atoms with Gasteiger partial charge in [0, 0.05) is 32.4 Å². The summed E-state index contributed by atoms with van der Waals surface area (Å²) in [6, 6.07) is 8.88.